The van der Waals surface area contributed by atoms with Crippen LogP contribution in [-0.2, 0) is 15.1 Å². The van der Waals surface area contributed by atoms with Crippen LogP contribution in [0.15, 0.2) is 18.2 Å². The van der Waals surface area contributed by atoms with E-state index in [1.807, 2.05) is 0 Å². The van der Waals surface area contributed by atoms with Crippen LogP contribution in [0.25, 0.3) is 0 Å². The summed E-state index contributed by atoms with van der Waals surface area (Å²) in [4.78, 5) is 24.1. The van der Waals surface area contributed by atoms with E-state index in [0.717, 1.165) is 18.9 Å². The monoisotopic (exact) mass is 265 g/mol. The van der Waals surface area contributed by atoms with E-state index >= 15 is 0 Å². The molecular weight excluding hydrogens is 250 g/mol. The third kappa shape index (κ3) is 2.21. The van der Waals surface area contributed by atoms with E-state index in [0.29, 0.717) is 6.41 Å². The fraction of sp³-hybridized carbons (Fsp3) is 0.385. The Hall–Kier alpha value is -2.24. The van der Waals surface area contributed by atoms with Crippen LogP contribution >= 0.6 is 0 Å². The molecule has 2 rings (SSSR count). The lowest BCUT2D eigenvalue weighted by atomic mass is 9.89. The number of phenols is 2. The van der Waals surface area contributed by atoms with Crippen LogP contribution in [0.5, 0.6) is 11.5 Å². The molecule has 0 spiro atoms. The molecule has 0 heterocycles. The van der Waals surface area contributed by atoms with Gasteiger partial charge in [-0.1, -0.05) is 0 Å². The second-order valence-electron chi connectivity index (χ2n) is 4.86. The third-order valence-corrected chi connectivity index (χ3v) is 3.45. The largest absolute Gasteiger partial charge is 0.508 e. The fourth-order valence-electron chi connectivity index (χ4n) is 2.17. The Morgan fingerprint density at radius 2 is 1.84 bits per heavy atom. The van der Waals surface area contributed by atoms with Crippen LogP contribution < -0.4 is 0 Å². The summed E-state index contributed by atoms with van der Waals surface area (Å²) in [6.45, 7) is 1.39. The lowest BCUT2D eigenvalue weighted by molar-refractivity contribution is -0.155. The van der Waals surface area contributed by atoms with Crippen molar-refractivity contribution >= 4 is 12.4 Å². The van der Waals surface area contributed by atoms with Crippen molar-refractivity contribution < 1.29 is 24.9 Å². The minimum atomic E-state index is -1.61. The Labute approximate surface area is 109 Å². The van der Waals surface area contributed by atoms with Crippen molar-refractivity contribution in [1.82, 2.24) is 4.90 Å². The Morgan fingerprint density at radius 1 is 1.32 bits per heavy atom. The summed E-state index contributed by atoms with van der Waals surface area (Å²) in [6, 6.07) is 3.48. The molecule has 1 amide bonds. The number of nitrogens with zero attached hydrogens (tertiary/aromatic N) is 1. The smallest absolute Gasteiger partial charge is 0.334 e. The van der Waals surface area contributed by atoms with E-state index < -0.39 is 11.5 Å². The molecule has 102 valence electrons. The number of carbonyl (C=O) groups is 2. The summed E-state index contributed by atoms with van der Waals surface area (Å²) >= 11 is 0. The van der Waals surface area contributed by atoms with Crippen molar-refractivity contribution in [1.29, 1.82) is 0 Å². The molecule has 3 N–H and O–H groups in total. The summed E-state index contributed by atoms with van der Waals surface area (Å²) in [7, 11) is 0. The molecule has 0 saturated heterocycles. The summed E-state index contributed by atoms with van der Waals surface area (Å²) in [6.07, 6.45) is 2.02. The molecule has 6 nitrogen and oxygen atoms in total. The van der Waals surface area contributed by atoms with Gasteiger partial charge in [0, 0.05) is 12.1 Å². The van der Waals surface area contributed by atoms with Gasteiger partial charge in [0.1, 0.15) is 11.5 Å². The number of aliphatic carboxylic acids is 1. The highest BCUT2D eigenvalue weighted by molar-refractivity contribution is 5.83. The minimum absolute atomic E-state index is 0.108. The van der Waals surface area contributed by atoms with E-state index in [4.69, 9.17) is 0 Å². The highest BCUT2D eigenvalue weighted by atomic mass is 16.4. The van der Waals surface area contributed by atoms with Gasteiger partial charge in [-0.3, -0.25) is 4.79 Å². The molecule has 1 fully saturated rings. The quantitative estimate of drug-likeness (QED) is 0.690. The topological polar surface area (TPSA) is 98.1 Å². The van der Waals surface area contributed by atoms with E-state index in [1.165, 1.54) is 24.0 Å². The molecule has 19 heavy (non-hydrogen) atoms. The van der Waals surface area contributed by atoms with Crippen molar-refractivity contribution in [3.63, 3.8) is 0 Å². The van der Waals surface area contributed by atoms with Crippen molar-refractivity contribution in [2.45, 2.75) is 31.3 Å². The molecule has 6 heteroatoms. The van der Waals surface area contributed by atoms with E-state index in [9.17, 15) is 24.9 Å². The summed E-state index contributed by atoms with van der Waals surface area (Å²) in [5.41, 5.74) is -1.45. The SMILES string of the molecule is CC(C(=O)O)(c1cc(O)cc(O)c1)N(C=O)C1CC1. The first-order valence-electron chi connectivity index (χ1n) is 5.90. The molecule has 1 aliphatic carbocycles. The van der Waals surface area contributed by atoms with Crippen molar-refractivity contribution in [3.05, 3.63) is 23.8 Å². The summed E-state index contributed by atoms with van der Waals surface area (Å²) in [5, 5.41) is 28.5. The van der Waals surface area contributed by atoms with Gasteiger partial charge in [-0.2, -0.15) is 0 Å². The fourth-order valence-corrected chi connectivity index (χ4v) is 2.17. The highest BCUT2D eigenvalue weighted by Gasteiger charge is 2.47. The Bertz CT molecular complexity index is 506. The second-order valence-corrected chi connectivity index (χ2v) is 4.86. The predicted octanol–water partition coefficient (Wildman–Crippen LogP) is 1.02. The summed E-state index contributed by atoms with van der Waals surface area (Å²) < 4.78 is 0. The molecule has 1 atom stereocenters. The lowest BCUT2D eigenvalue weighted by Crippen LogP contribution is -2.50. The highest BCUT2D eigenvalue weighted by Crippen LogP contribution is 2.39. The van der Waals surface area contributed by atoms with Gasteiger partial charge in [-0.05, 0) is 37.5 Å². The molecule has 1 aromatic rings. The molecule has 0 radical (unpaired) electrons. The average molecular weight is 265 g/mol. The average Bonchev–Trinajstić information content (AvgIpc) is 3.12. The molecule has 0 aromatic heterocycles. The van der Waals surface area contributed by atoms with Gasteiger partial charge in [0.2, 0.25) is 6.41 Å². The van der Waals surface area contributed by atoms with E-state index in [-0.39, 0.29) is 23.1 Å². The van der Waals surface area contributed by atoms with Crippen molar-refractivity contribution in [2.75, 3.05) is 0 Å². The van der Waals surface area contributed by atoms with Gasteiger partial charge in [-0.15, -0.1) is 0 Å². The second kappa shape index (κ2) is 4.46. The number of amides is 1. The first-order chi connectivity index (χ1) is 8.89. The van der Waals surface area contributed by atoms with Crippen molar-refractivity contribution in [3.8, 4) is 11.5 Å². The van der Waals surface area contributed by atoms with Crippen molar-refractivity contribution in [2.24, 2.45) is 0 Å². The number of rotatable bonds is 5. The molecule has 0 bridgehead atoms. The van der Waals surface area contributed by atoms with Crippen LogP contribution in [0, 0.1) is 0 Å². The molecule has 1 aliphatic rings. The number of phenolic OH excluding ortho intramolecular Hbond substituents is 2. The van der Waals surface area contributed by atoms with Crippen LogP contribution in [0.3, 0.4) is 0 Å². The van der Waals surface area contributed by atoms with Crippen LogP contribution in [0.2, 0.25) is 0 Å². The Balaban J connectivity index is 2.54. The van der Waals surface area contributed by atoms with Gasteiger partial charge in [0.15, 0.2) is 5.54 Å². The predicted molar refractivity (Wildman–Crippen MR) is 65.7 cm³/mol. The molecule has 1 unspecified atom stereocenters. The van der Waals surface area contributed by atoms with Crippen LogP contribution in [0.1, 0.15) is 25.3 Å². The minimum Gasteiger partial charge on any atom is -0.508 e. The number of benzene rings is 1. The van der Waals surface area contributed by atoms with Crippen LogP contribution in [0.4, 0.5) is 0 Å². The van der Waals surface area contributed by atoms with Gasteiger partial charge in [-0.25, -0.2) is 4.79 Å². The maximum Gasteiger partial charge on any atom is 0.334 e. The molecular formula is C13H15NO5. The lowest BCUT2D eigenvalue weighted by Gasteiger charge is -2.35. The number of aromatic hydroxyl groups is 2. The van der Waals surface area contributed by atoms with Gasteiger partial charge in [0.25, 0.3) is 0 Å². The van der Waals surface area contributed by atoms with Gasteiger partial charge < -0.3 is 20.2 Å². The molecule has 1 aromatic carbocycles. The zero-order chi connectivity index (χ0) is 14.2. The van der Waals surface area contributed by atoms with E-state index in [1.54, 1.807) is 0 Å². The number of carboxylic acid groups (broad SMARTS) is 1. The number of carboxylic acids is 1. The number of hydrogen-bond acceptors (Lipinski definition) is 4. The first-order valence-corrected chi connectivity index (χ1v) is 5.90. The van der Waals surface area contributed by atoms with E-state index in [2.05, 4.69) is 0 Å². The van der Waals surface area contributed by atoms with Gasteiger partial charge in [0.05, 0.1) is 0 Å². The number of carbonyl (C=O) groups excluding carboxylic acids is 1. The standard InChI is InChI=1S/C13H15NO5/c1-13(12(18)19,14(7-15)9-2-3-9)8-4-10(16)6-11(17)5-8/h4-7,9,16-17H,2-3H2,1H3,(H,18,19). The maximum absolute atomic E-state index is 11.6. The zero-order valence-electron chi connectivity index (χ0n) is 10.4. The Morgan fingerprint density at radius 3 is 2.21 bits per heavy atom. The van der Waals surface area contributed by atoms with Gasteiger partial charge >= 0.3 is 5.97 Å². The molecule has 1 saturated carbocycles. The number of hydrogen-bond donors (Lipinski definition) is 3. The molecule has 0 aliphatic heterocycles. The maximum atomic E-state index is 11.6. The Kier molecular flexibility index (Phi) is 3.09. The van der Waals surface area contributed by atoms with Crippen LogP contribution in [-0.4, -0.2) is 38.6 Å². The summed E-state index contributed by atoms with van der Waals surface area (Å²) in [5.74, 6) is -1.70. The first kappa shape index (κ1) is 13.2. The third-order valence-electron chi connectivity index (χ3n) is 3.45. The normalized spacial score (nSPS) is 17.5. The zero-order valence-corrected chi connectivity index (χ0v) is 10.4.